The Hall–Kier alpha value is -2.90. The summed E-state index contributed by atoms with van der Waals surface area (Å²) in [4.78, 5) is 46.9. The van der Waals surface area contributed by atoms with Crippen LogP contribution in [0.15, 0.2) is 18.2 Å². The number of hydrogen-bond donors (Lipinski definition) is 2. The smallest absolute Gasteiger partial charge is 0.330 e. The van der Waals surface area contributed by atoms with Crippen LogP contribution in [-0.2, 0) is 35.1 Å². The number of fused-ring (bicyclic) bond motifs is 1. The molecule has 0 spiro atoms. The maximum absolute atomic E-state index is 12.2. The normalized spacial score (nSPS) is 13.6. The molecule has 2 N–H and O–H groups in total. The summed E-state index contributed by atoms with van der Waals surface area (Å²) in [6.07, 6.45) is 0.275. The fourth-order valence-electron chi connectivity index (χ4n) is 2.16. The van der Waals surface area contributed by atoms with Crippen LogP contribution < -0.4 is 10.6 Å². The zero-order valence-electron chi connectivity index (χ0n) is 12.7. The number of anilines is 2. The van der Waals surface area contributed by atoms with Crippen molar-refractivity contribution in [2.75, 3.05) is 24.4 Å². The van der Waals surface area contributed by atoms with Gasteiger partial charge in [-0.3, -0.25) is 19.2 Å². The molecule has 1 aromatic rings. The average Bonchev–Trinajstić information content (AvgIpc) is 2.86. The summed E-state index contributed by atoms with van der Waals surface area (Å²) >= 11 is 0. The lowest BCUT2D eigenvalue weighted by Gasteiger charge is -2.14. The first-order valence-corrected chi connectivity index (χ1v) is 6.94. The number of carbonyl (C=O) groups is 4. The van der Waals surface area contributed by atoms with Crippen molar-refractivity contribution in [3.63, 3.8) is 0 Å². The van der Waals surface area contributed by atoms with Gasteiger partial charge in [0.25, 0.3) is 0 Å². The van der Waals surface area contributed by atoms with Crippen LogP contribution in [0.4, 0.5) is 11.4 Å². The van der Waals surface area contributed by atoms with Crippen molar-refractivity contribution in [1.29, 1.82) is 0 Å². The average molecular weight is 320 g/mol. The number of amides is 2. The van der Waals surface area contributed by atoms with E-state index in [0.29, 0.717) is 11.4 Å². The minimum atomic E-state index is -1.71. The minimum absolute atomic E-state index is 0.0322. The van der Waals surface area contributed by atoms with Gasteiger partial charge >= 0.3 is 11.9 Å². The van der Waals surface area contributed by atoms with Crippen molar-refractivity contribution in [3.05, 3.63) is 23.8 Å². The van der Waals surface area contributed by atoms with Crippen LogP contribution in [0.3, 0.4) is 0 Å². The van der Waals surface area contributed by atoms with Crippen molar-refractivity contribution in [2.45, 2.75) is 13.3 Å². The summed E-state index contributed by atoms with van der Waals surface area (Å²) in [5.74, 6) is -4.69. The number of carbonyl (C=O) groups excluding carboxylic acids is 4. The highest BCUT2D eigenvalue weighted by atomic mass is 16.5. The minimum Gasteiger partial charge on any atom is -0.468 e. The van der Waals surface area contributed by atoms with Gasteiger partial charge in [0, 0.05) is 11.4 Å². The molecule has 2 amide bonds. The summed E-state index contributed by atoms with van der Waals surface area (Å²) in [6.45, 7) is 1.60. The molecular formula is C15H16N2O6. The summed E-state index contributed by atoms with van der Waals surface area (Å²) in [6, 6.07) is 4.81. The fourth-order valence-corrected chi connectivity index (χ4v) is 2.16. The third kappa shape index (κ3) is 3.65. The van der Waals surface area contributed by atoms with Gasteiger partial charge in [0.1, 0.15) is 0 Å². The molecule has 1 aromatic carbocycles. The SMILES string of the molecule is CCOC(=O)C(C(=O)Nc1ccc2c(c1)NC(=O)C2)C(=O)OC. The molecule has 0 aliphatic carbocycles. The van der Waals surface area contributed by atoms with Crippen molar-refractivity contribution in [2.24, 2.45) is 5.92 Å². The van der Waals surface area contributed by atoms with Gasteiger partial charge in [-0.2, -0.15) is 0 Å². The molecule has 1 aliphatic heterocycles. The van der Waals surface area contributed by atoms with Gasteiger partial charge in [-0.25, -0.2) is 0 Å². The molecule has 1 unspecified atom stereocenters. The summed E-state index contributed by atoms with van der Waals surface area (Å²) in [5.41, 5.74) is 1.73. The Kier molecular flexibility index (Phi) is 4.95. The second kappa shape index (κ2) is 6.91. The van der Waals surface area contributed by atoms with Crippen LogP contribution in [0.5, 0.6) is 0 Å². The molecule has 0 radical (unpaired) electrons. The Bertz CT molecular complexity index is 670. The maximum Gasteiger partial charge on any atom is 0.330 e. The number of esters is 2. The second-order valence-corrected chi connectivity index (χ2v) is 4.79. The first-order chi connectivity index (χ1) is 11.0. The topological polar surface area (TPSA) is 111 Å². The molecule has 1 aliphatic rings. The third-order valence-electron chi connectivity index (χ3n) is 3.22. The number of ether oxygens (including phenoxy) is 2. The number of benzene rings is 1. The van der Waals surface area contributed by atoms with E-state index < -0.39 is 23.8 Å². The number of methoxy groups -OCH3 is 1. The van der Waals surface area contributed by atoms with Gasteiger partial charge in [0.15, 0.2) is 0 Å². The Morgan fingerprint density at radius 3 is 2.70 bits per heavy atom. The highest BCUT2D eigenvalue weighted by Gasteiger charge is 2.36. The Balaban J connectivity index is 2.15. The number of rotatable bonds is 5. The third-order valence-corrected chi connectivity index (χ3v) is 3.22. The maximum atomic E-state index is 12.2. The van der Waals surface area contributed by atoms with Gasteiger partial charge in [-0.1, -0.05) is 6.07 Å². The van der Waals surface area contributed by atoms with Crippen LogP contribution in [0.1, 0.15) is 12.5 Å². The molecule has 0 bridgehead atoms. The molecular weight excluding hydrogens is 304 g/mol. The molecule has 8 nitrogen and oxygen atoms in total. The van der Waals surface area contributed by atoms with Crippen LogP contribution in [0.25, 0.3) is 0 Å². The lowest BCUT2D eigenvalue weighted by Crippen LogP contribution is -2.38. The summed E-state index contributed by atoms with van der Waals surface area (Å²) in [7, 11) is 1.08. The predicted octanol–water partition coefficient (Wildman–Crippen LogP) is 0.472. The van der Waals surface area contributed by atoms with E-state index >= 15 is 0 Å². The standard InChI is InChI=1S/C15H16N2O6/c1-3-23-15(21)12(14(20)22-2)13(19)16-9-5-4-8-6-11(18)17-10(8)7-9/h4-5,7,12H,3,6H2,1-2H3,(H,16,19)(H,17,18). The van der Waals surface area contributed by atoms with E-state index in [1.165, 1.54) is 0 Å². The van der Waals surface area contributed by atoms with Crippen LogP contribution >= 0.6 is 0 Å². The van der Waals surface area contributed by atoms with Crippen LogP contribution in [0.2, 0.25) is 0 Å². The van der Waals surface area contributed by atoms with Crippen LogP contribution in [-0.4, -0.2) is 37.5 Å². The van der Waals surface area contributed by atoms with E-state index in [1.54, 1.807) is 25.1 Å². The van der Waals surface area contributed by atoms with Gasteiger partial charge in [-0.15, -0.1) is 0 Å². The largest absolute Gasteiger partial charge is 0.468 e. The molecule has 0 saturated heterocycles. The van der Waals surface area contributed by atoms with Crippen molar-refractivity contribution < 1.29 is 28.7 Å². The summed E-state index contributed by atoms with van der Waals surface area (Å²) in [5, 5.41) is 5.09. The fraction of sp³-hybridized carbons (Fsp3) is 0.333. The van der Waals surface area contributed by atoms with Gasteiger partial charge in [0.05, 0.1) is 20.1 Å². The molecule has 8 heteroatoms. The number of hydrogen-bond acceptors (Lipinski definition) is 6. The van der Waals surface area contributed by atoms with Crippen molar-refractivity contribution >= 4 is 35.1 Å². The molecule has 0 fully saturated rings. The summed E-state index contributed by atoms with van der Waals surface area (Å²) < 4.78 is 9.19. The molecule has 1 heterocycles. The highest BCUT2D eigenvalue weighted by Crippen LogP contribution is 2.26. The lowest BCUT2D eigenvalue weighted by atomic mass is 10.1. The first kappa shape index (κ1) is 16.5. The van der Waals surface area contributed by atoms with Gasteiger partial charge in [-0.05, 0) is 24.6 Å². The first-order valence-electron chi connectivity index (χ1n) is 6.94. The predicted molar refractivity (Wildman–Crippen MR) is 79.5 cm³/mol. The van der Waals surface area contributed by atoms with E-state index in [4.69, 9.17) is 4.74 Å². The van der Waals surface area contributed by atoms with Gasteiger partial charge in [0.2, 0.25) is 17.7 Å². The van der Waals surface area contributed by atoms with E-state index in [9.17, 15) is 19.2 Å². The second-order valence-electron chi connectivity index (χ2n) is 4.79. The molecule has 122 valence electrons. The lowest BCUT2D eigenvalue weighted by molar-refractivity contribution is -0.162. The molecule has 0 saturated carbocycles. The monoisotopic (exact) mass is 320 g/mol. The van der Waals surface area contributed by atoms with Crippen molar-refractivity contribution in [3.8, 4) is 0 Å². The molecule has 1 atom stereocenters. The van der Waals surface area contributed by atoms with E-state index in [0.717, 1.165) is 12.7 Å². The highest BCUT2D eigenvalue weighted by molar-refractivity contribution is 6.18. The van der Waals surface area contributed by atoms with Crippen LogP contribution in [0, 0.1) is 5.92 Å². The quantitative estimate of drug-likeness (QED) is 0.603. The Labute approximate surface area is 132 Å². The zero-order chi connectivity index (χ0) is 17.0. The zero-order valence-corrected chi connectivity index (χ0v) is 12.7. The van der Waals surface area contributed by atoms with E-state index in [1.807, 2.05) is 0 Å². The molecule has 2 rings (SSSR count). The van der Waals surface area contributed by atoms with E-state index in [-0.39, 0.29) is 18.9 Å². The number of nitrogens with one attached hydrogen (secondary N) is 2. The molecule has 23 heavy (non-hydrogen) atoms. The van der Waals surface area contributed by atoms with Gasteiger partial charge < -0.3 is 20.1 Å². The molecule has 0 aromatic heterocycles. The Morgan fingerprint density at radius 2 is 2.04 bits per heavy atom. The Morgan fingerprint density at radius 1 is 1.30 bits per heavy atom. The van der Waals surface area contributed by atoms with E-state index in [2.05, 4.69) is 15.4 Å². The van der Waals surface area contributed by atoms with Crippen molar-refractivity contribution in [1.82, 2.24) is 0 Å².